The van der Waals surface area contributed by atoms with E-state index in [1.807, 2.05) is 0 Å². The molecule has 0 heterocycles. The number of amides is 1. The summed E-state index contributed by atoms with van der Waals surface area (Å²) in [4.78, 5) is 11.9. The van der Waals surface area contributed by atoms with Crippen LogP contribution in [-0.2, 0) is 0 Å². The van der Waals surface area contributed by atoms with E-state index >= 15 is 0 Å². The average Bonchev–Trinajstić information content (AvgIpc) is 2.33. The van der Waals surface area contributed by atoms with Gasteiger partial charge in [0.25, 0.3) is 5.91 Å². The second-order valence-electron chi connectivity index (χ2n) is 4.10. The summed E-state index contributed by atoms with van der Waals surface area (Å²) < 4.78 is 13.3. The van der Waals surface area contributed by atoms with Crippen molar-refractivity contribution in [2.45, 2.75) is 6.92 Å². The van der Waals surface area contributed by atoms with E-state index < -0.39 is 11.7 Å². The number of rotatable bonds is 2. The fraction of sp³-hybridized carbons (Fsp3) is 0.0714. The maximum Gasteiger partial charge on any atom is 0.255 e. The molecule has 0 atom stereocenters. The molecule has 4 nitrogen and oxygen atoms in total. The highest BCUT2D eigenvalue weighted by Gasteiger charge is 2.11. The van der Waals surface area contributed by atoms with Crippen molar-refractivity contribution in [3.63, 3.8) is 0 Å². The van der Waals surface area contributed by atoms with Crippen LogP contribution in [0, 0.1) is 12.7 Å². The van der Waals surface area contributed by atoms with Gasteiger partial charge in [0.05, 0.1) is 0 Å². The lowest BCUT2D eigenvalue weighted by Crippen LogP contribution is -2.13. The first kappa shape index (κ1) is 12.9. The Balaban J connectivity index is 2.28. The molecule has 2 aromatic carbocycles. The monoisotopic (exact) mass is 261 g/mol. The van der Waals surface area contributed by atoms with Gasteiger partial charge < -0.3 is 15.5 Å². The highest BCUT2D eigenvalue weighted by molar-refractivity contribution is 6.05. The quantitative estimate of drug-likeness (QED) is 0.778. The lowest BCUT2D eigenvalue weighted by molar-refractivity contribution is 0.102. The van der Waals surface area contributed by atoms with Gasteiger partial charge in [-0.15, -0.1) is 0 Å². The zero-order valence-electron chi connectivity index (χ0n) is 10.1. The van der Waals surface area contributed by atoms with Crippen LogP contribution in [0.2, 0.25) is 0 Å². The molecule has 0 bridgehead atoms. The van der Waals surface area contributed by atoms with E-state index in [0.717, 1.165) is 6.07 Å². The van der Waals surface area contributed by atoms with E-state index in [4.69, 9.17) is 0 Å². The first-order valence-corrected chi connectivity index (χ1v) is 5.57. The Hall–Kier alpha value is -2.56. The summed E-state index contributed by atoms with van der Waals surface area (Å²) in [5.41, 5.74) is 0.745. The van der Waals surface area contributed by atoms with Crippen LogP contribution in [-0.4, -0.2) is 16.1 Å². The van der Waals surface area contributed by atoms with Crippen LogP contribution >= 0.6 is 0 Å². The minimum Gasteiger partial charge on any atom is -0.508 e. The molecule has 1 amide bonds. The van der Waals surface area contributed by atoms with Crippen LogP contribution in [0.4, 0.5) is 10.1 Å². The third kappa shape index (κ3) is 2.82. The zero-order chi connectivity index (χ0) is 14.0. The highest BCUT2D eigenvalue weighted by atomic mass is 19.1. The first-order chi connectivity index (χ1) is 8.97. The molecule has 0 aromatic heterocycles. The summed E-state index contributed by atoms with van der Waals surface area (Å²) in [6.07, 6.45) is 0. The number of anilines is 1. The predicted octanol–water partition coefficient (Wildman–Crippen LogP) is 2.80. The van der Waals surface area contributed by atoms with Crippen molar-refractivity contribution in [3.05, 3.63) is 53.3 Å². The van der Waals surface area contributed by atoms with Crippen molar-refractivity contribution in [2.24, 2.45) is 0 Å². The van der Waals surface area contributed by atoms with Crippen LogP contribution in [0.25, 0.3) is 0 Å². The van der Waals surface area contributed by atoms with E-state index in [1.165, 1.54) is 24.3 Å². The SMILES string of the molecule is Cc1c(F)cccc1NC(=O)c1cc(O)cc(O)c1. The van der Waals surface area contributed by atoms with Gasteiger partial charge in [0.15, 0.2) is 0 Å². The smallest absolute Gasteiger partial charge is 0.255 e. The Morgan fingerprint density at radius 3 is 2.42 bits per heavy atom. The van der Waals surface area contributed by atoms with Crippen LogP contribution in [0.5, 0.6) is 11.5 Å². The molecular weight excluding hydrogens is 249 g/mol. The molecule has 0 saturated carbocycles. The minimum atomic E-state index is -0.542. The van der Waals surface area contributed by atoms with E-state index in [9.17, 15) is 19.4 Å². The van der Waals surface area contributed by atoms with E-state index in [0.29, 0.717) is 11.3 Å². The number of nitrogens with one attached hydrogen (secondary N) is 1. The van der Waals surface area contributed by atoms with Gasteiger partial charge in [0, 0.05) is 22.9 Å². The zero-order valence-corrected chi connectivity index (χ0v) is 10.1. The highest BCUT2D eigenvalue weighted by Crippen LogP contribution is 2.22. The summed E-state index contributed by atoms with van der Waals surface area (Å²) in [5, 5.41) is 21.1. The molecule has 0 aliphatic rings. The van der Waals surface area contributed by atoms with Gasteiger partial charge in [-0.1, -0.05) is 6.07 Å². The topological polar surface area (TPSA) is 69.6 Å². The third-order valence-electron chi connectivity index (χ3n) is 2.68. The number of aromatic hydroxyl groups is 2. The molecule has 0 aliphatic carbocycles. The van der Waals surface area contributed by atoms with Crippen LogP contribution in [0.15, 0.2) is 36.4 Å². The largest absolute Gasteiger partial charge is 0.508 e. The first-order valence-electron chi connectivity index (χ1n) is 5.57. The van der Waals surface area contributed by atoms with Crippen molar-refractivity contribution in [1.82, 2.24) is 0 Å². The van der Waals surface area contributed by atoms with Crippen molar-refractivity contribution in [2.75, 3.05) is 5.32 Å². The summed E-state index contributed by atoms with van der Waals surface area (Å²) in [6, 6.07) is 7.89. The Kier molecular flexibility index (Phi) is 3.37. The molecule has 98 valence electrons. The summed E-state index contributed by atoms with van der Waals surface area (Å²) in [7, 11) is 0. The van der Waals surface area contributed by atoms with Gasteiger partial charge in [-0.3, -0.25) is 4.79 Å². The molecule has 0 radical (unpaired) electrons. The van der Waals surface area contributed by atoms with E-state index in [1.54, 1.807) is 13.0 Å². The van der Waals surface area contributed by atoms with Crippen molar-refractivity contribution in [1.29, 1.82) is 0 Å². The fourth-order valence-corrected chi connectivity index (χ4v) is 1.66. The molecule has 0 fully saturated rings. The molecule has 2 aromatic rings. The number of carbonyl (C=O) groups excluding carboxylic acids is 1. The molecule has 0 saturated heterocycles. The maximum atomic E-state index is 13.3. The molecular formula is C14H12FNO3. The molecule has 0 aliphatic heterocycles. The fourth-order valence-electron chi connectivity index (χ4n) is 1.66. The normalized spacial score (nSPS) is 10.2. The summed E-state index contributed by atoms with van der Waals surface area (Å²) >= 11 is 0. The van der Waals surface area contributed by atoms with Crippen LogP contribution < -0.4 is 5.32 Å². The van der Waals surface area contributed by atoms with Crippen molar-refractivity contribution < 1.29 is 19.4 Å². The second kappa shape index (κ2) is 4.97. The molecule has 0 unspecified atom stereocenters. The minimum absolute atomic E-state index is 0.0844. The Morgan fingerprint density at radius 1 is 1.16 bits per heavy atom. The average molecular weight is 261 g/mol. The number of hydrogen-bond donors (Lipinski definition) is 3. The molecule has 2 rings (SSSR count). The van der Waals surface area contributed by atoms with Crippen LogP contribution in [0.1, 0.15) is 15.9 Å². The number of halogens is 1. The number of hydrogen-bond acceptors (Lipinski definition) is 3. The molecule has 3 N–H and O–H groups in total. The molecule has 19 heavy (non-hydrogen) atoms. The lowest BCUT2D eigenvalue weighted by Gasteiger charge is -2.09. The summed E-state index contributed by atoms with van der Waals surface area (Å²) in [5.74, 6) is -1.40. The van der Waals surface area contributed by atoms with Gasteiger partial charge in [0.2, 0.25) is 0 Å². The maximum absolute atomic E-state index is 13.3. The Morgan fingerprint density at radius 2 is 1.79 bits per heavy atom. The lowest BCUT2D eigenvalue weighted by atomic mass is 10.1. The van der Waals surface area contributed by atoms with Gasteiger partial charge in [0.1, 0.15) is 17.3 Å². The van der Waals surface area contributed by atoms with Crippen LogP contribution in [0.3, 0.4) is 0 Å². The second-order valence-corrected chi connectivity index (χ2v) is 4.10. The van der Waals surface area contributed by atoms with Gasteiger partial charge in [-0.05, 0) is 31.2 Å². The Labute approximate surface area is 109 Å². The number of carbonyl (C=O) groups is 1. The van der Waals surface area contributed by atoms with Gasteiger partial charge in [-0.2, -0.15) is 0 Å². The van der Waals surface area contributed by atoms with Crippen molar-refractivity contribution in [3.8, 4) is 11.5 Å². The Bertz CT molecular complexity index is 620. The predicted molar refractivity (Wildman–Crippen MR) is 68.9 cm³/mol. The van der Waals surface area contributed by atoms with Gasteiger partial charge in [-0.25, -0.2) is 4.39 Å². The van der Waals surface area contributed by atoms with E-state index in [2.05, 4.69) is 5.32 Å². The van der Waals surface area contributed by atoms with E-state index in [-0.39, 0.29) is 17.1 Å². The molecule has 0 spiro atoms. The van der Waals surface area contributed by atoms with Gasteiger partial charge >= 0.3 is 0 Å². The summed E-state index contributed by atoms with van der Waals surface area (Å²) in [6.45, 7) is 1.55. The number of phenolic OH excluding ortho intramolecular Hbond substituents is 2. The molecule has 5 heteroatoms. The number of benzene rings is 2. The van der Waals surface area contributed by atoms with Crippen molar-refractivity contribution >= 4 is 11.6 Å². The number of phenols is 2. The third-order valence-corrected chi connectivity index (χ3v) is 2.68. The standard InChI is InChI=1S/C14H12FNO3/c1-8-12(15)3-2-4-13(8)16-14(19)9-5-10(17)7-11(18)6-9/h2-7,17-18H,1H3,(H,16,19).